The molecule has 0 aliphatic heterocycles. The monoisotopic (exact) mass is 269 g/mol. The molecule has 2 aliphatic rings. The van der Waals surface area contributed by atoms with Crippen molar-refractivity contribution in [2.45, 2.75) is 82.9 Å². The number of aliphatic hydroxyl groups excluding tert-OH is 1. The standard InChI is InChI=1S/C16H31NO2/c1-13(19-11-14-6-4-3-5-7-14)10-16(2,12-18)17-15-8-9-15/h13-15,17-18H,3-12H2,1-2H3. The summed E-state index contributed by atoms with van der Waals surface area (Å²) in [5.41, 5.74) is -0.173. The van der Waals surface area contributed by atoms with Crippen molar-refractivity contribution in [3.63, 3.8) is 0 Å². The van der Waals surface area contributed by atoms with Gasteiger partial charge in [0.25, 0.3) is 0 Å². The first-order valence-corrected chi connectivity index (χ1v) is 8.11. The Labute approximate surface area is 118 Å². The van der Waals surface area contributed by atoms with Gasteiger partial charge in [0.15, 0.2) is 0 Å². The molecule has 2 rings (SSSR count). The fourth-order valence-corrected chi connectivity index (χ4v) is 3.24. The molecule has 0 heterocycles. The van der Waals surface area contributed by atoms with Gasteiger partial charge in [-0.3, -0.25) is 0 Å². The van der Waals surface area contributed by atoms with Gasteiger partial charge >= 0.3 is 0 Å². The van der Waals surface area contributed by atoms with E-state index >= 15 is 0 Å². The molecule has 0 amide bonds. The van der Waals surface area contributed by atoms with Crippen molar-refractivity contribution in [1.29, 1.82) is 0 Å². The summed E-state index contributed by atoms with van der Waals surface area (Å²) >= 11 is 0. The summed E-state index contributed by atoms with van der Waals surface area (Å²) in [6.07, 6.45) is 10.5. The Bertz CT molecular complexity index is 261. The van der Waals surface area contributed by atoms with E-state index in [2.05, 4.69) is 19.2 Å². The van der Waals surface area contributed by atoms with Gasteiger partial charge < -0.3 is 15.2 Å². The molecule has 3 nitrogen and oxygen atoms in total. The van der Waals surface area contributed by atoms with E-state index in [1.807, 2.05) is 0 Å². The van der Waals surface area contributed by atoms with Crippen LogP contribution in [0.25, 0.3) is 0 Å². The maximum atomic E-state index is 9.61. The summed E-state index contributed by atoms with van der Waals surface area (Å²) in [5, 5.41) is 13.2. The van der Waals surface area contributed by atoms with Crippen LogP contribution >= 0.6 is 0 Å². The molecule has 0 aromatic rings. The smallest absolute Gasteiger partial charge is 0.0611 e. The largest absolute Gasteiger partial charge is 0.394 e. The Balaban J connectivity index is 1.67. The van der Waals surface area contributed by atoms with Crippen molar-refractivity contribution in [3.05, 3.63) is 0 Å². The highest BCUT2D eigenvalue weighted by atomic mass is 16.5. The lowest BCUT2D eigenvalue weighted by Crippen LogP contribution is -2.49. The zero-order valence-corrected chi connectivity index (χ0v) is 12.7. The minimum atomic E-state index is -0.173. The molecule has 0 saturated heterocycles. The Kier molecular flexibility index (Phi) is 5.67. The molecule has 2 aliphatic carbocycles. The fourth-order valence-electron chi connectivity index (χ4n) is 3.24. The predicted molar refractivity (Wildman–Crippen MR) is 78.3 cm³/mol. The van der Waals surface area contributed by atoms with Crippen molar-refractivity contribution < 1.29 is 9.84 Å². The highest BCUT2D eigenvalue weighted by molar-refractivity contribution is 4.93. The average molecular weight is 269 g/mol. The van der Waals surface area contributed by atoms with Crippen LogP contribution in [0.2, 0.25) is 0 Å². The lowest BCUT2D eigenvalue weighted by molar-refractivity contribution is 0.00363. The van der Waals surface area contributed by atoms with E-state index in [1.54, 1.807) is 0 Å². The van der Waals surface area contributed by atoms with Crippen molar-refractivity contribution >= 4 is 0 Å². The first-order chi connectivity index (χ1) is 9.11. The first-order valence-electron chi connectivity index (χ1n) is 8.11. The van der Waals surface area contributed by atoms with Gasteiger partial charge in [0, 0.05) is 18.2 Å². The van der Waals surface area contributed by atoms with Crippen LogP contribution in [0.15, 0.2) is 0 Å². The Morgan fingerprint density at radius 1 is 1.21 bits per heavy atom. The average Bonchev–Trinajstić information content (AvgIpc) is 3.21. The number of rotatable bonds is 8. The molecule has 2 saturated carbocycles. The van der Waals surface area contributed by atoms with Gasteiger partial charge in [-0.2, -0.15) is 0 Å². The molecule has 3 heteroatoms. The van der Waals surface area contributed by atoms with Gasteiger partial charge in [0.1, 0.15) is 0 Å². The zero-order chi connectivity index (χ0) is 13.7. The third-order valence-corrected chi connectivity index (χ3v) is 4.56. The molecule has 112 valence electrons. The molecular formula is C16H31NO2. The molecule has 2 unspecified atom stereocenters. The Hall–Kier alpha value is -0.120. The van der Waals surface area contributed by atoms with Crippen molar-refractivity contribution in [2.24, 2.45) is 5.92 Å². The quantitative estimate of drug-likeness (QED) is 0.712. The molecule has 0 aromatic carbocycles. The summed E-state index contributed by atoms with van der Waals surface area (Å²) in [7, 11) is 0. The molecular weight excluding hydrogens is 238 g/mol. The Morgan fingerprint density at radius 2 is 1.89 bits per heavy atom. The van der Waals surface area contributed by atoms with Gasteiger partial charge in [-0.05, 0) is 51.9 Å². The second-order valence-corrected chi connectivity index (χ2v) is 6.99. The fraction of sp³-hybridized carbons (Fsp3) is 1.00. The number of hydrogen-bond acceptors (Lipinski definition) is 3. The summed E-state index contributed by atoms with van der Waals surface area (Å²) in [6, 6.07) is 0.627. The number of hydrogen-bond donors (Lipinski definition) is 2. The number of nitrogens with one attached hydrogen (secondary N) is 1. The van der Waals surface area contributed by atoms with Crippen LogP contribution in [0.4, 0.5) is 0 Å². The molecule has 0 bridgehead atoms. The SMILES string of the molecule is CC(CC(C)(CO)NC1CC1)OCC1CCCCC1. The third-order valence-electron chi connectivity index (χ3n) is 4.56. The van der Waals surface area contributed by atoms with Crippen molar-refractivity contribution in [2.75, 3.05) is 13.2 Å². The Morgan fingerprint density at radius 3 is 2.47 bits per heavy atom. The second kappa shape index (κ2) is 7.05. The third kappa shape index (κ3) is 5.41. The maximum absolute atomic E-state index is 9.61. The van der Waals surface area contributed by atoms with Gasteiger partial charge in [0.05, 0.1) is 12.7 Å². The molecule has 2 atom stereocenters. The highest BCUT2D eigenvalue weighted by Gasteiger charge is 2.33. The van der Waals surface area contributed by atoms with Gasteiger partial charge in [-0.1, -0.05) is 19.3 Å². The lowest BCUT2D eigenvalue weighted by Gasteiger charge is -2.32. The second-order valence-electron chi connectivity index (χ2n) is 6.99. The van der Waals surface area contributed by atoms with E-state index in [-0.39, 0.29) is 18.2 Å². The van der Waals surface area contributed by atoms with Crippen LogP contribution in [-0.4, -0.2) is 36.0 Å². The van der Waals surface area contributed by atoms with E-state index in [1.165, 1.54) is 44.9 Å². The van der Waals surface area contributed by atoms with Crippen molar-refractivity contribution in [3.8, 4) is 0 Å². The van der Waals surface area contributed by atoms with Crippen LogP contribution in [0, 0.1) is 5.92 Å². The predicted octanol–water partition coefficient (Wildman–Crippen LogP) is 2.86. The van der Waals surface area contributed by atoms with E-state index in [4.69, 9.17) is 4.74 Å². The molecule has 0 aromatic heterocycles. The lowest BCUT2D eigenvalue weighted by atomic mass is 9.90. The van der Waals surface area contributed by atoms with Gasteiger partial charge in [-0.15, -0.1) is 0 Å². The van der Waals surface area contributed by atoms with Crippen LogP contribution in [0.1, 0.15) is 65.2 Å². The topological polar surface area (TPSA) is 41.5 Å². The molecule has 2 fully saturated rings. The molecule has 0 spiro atoms. The van der Waals surface area contributed by atoms with Crippen LogP contribution < -0.4 is 5.32 Å². The van der Waals surface area contributed by atoms with E-state index in [0.717, 1.165) is 18.9 Å². The van der Waals surface area contributed by atoms with Gasteiger partial charge in [-0.25, -0.2) is 0 Å². The normalized spacial score (nSPS) is 26.1. The number of ether oxygens (including phenoxy) is 1. The van der Waals surface area contributed by atoms with Crippen molar-refractivity contribution in [1.82, 2.24) is 5.32 Å². The van der Waals surface area contributed by atoms with Crippen LogP contribution in [0.3, 0.4) is 0 Å². The molecule has 19 heavy (non-hydrogen) atoms. The minimum Gasteiger partial charge on any atom is -0.394 e. The van der Waals surface area contributed by atoms with E-state index < -0.39 is 0 Å². The van der Waals surface area contributed by atoms with Crippen LogP contribution in [-0.2, 0) is 4.74 Å². The first kappa shape index (κ1) is 15.3. The summed E-state index contributed by atoms with van der Waals surface area (Å²) in [6.45, 7) is 5.36. The number of aliphatic hydroxyl groups is 1. The van der Waals surface area contributed by atoms with Crippen LogP contribution in [0.5, 0.6) is 0 Å². The minimum absolute atomic E-state index is 0.173. The maximum Gasteiger partial charge on any atom is 0.0611 e. The summed E-state index contributed by atoms with van der Waals surface area (Å²) in [5.74, 6) is 0.771. The van der Waals surface area contributed by atoms with E-state index in [9.17, 15) is 5.11 Å². The summed E-state index contributed by atoms with van der Waals surface area (Å²) in [4.78, 5) is 0. The van der Waals surface area contributed by atoms with Gasteiger partial charge in [0.2, 0.25) is 0 Å². The zero-order valence-electron chi connectivity index (χ0n) is 12.7. The molecule has 2 N–H and O–H groups in total. The summed E-state index contributed by atoms with van der Waals surface area (Å²) < 4.78 is 6.03. The highest BCUT2D eigenvalue weighted by Crippen LogP contribution is 2.27. The van der Waals surface area contributed by atoms with E-state index in [0.29, 0.717) is 6.04 Å². The molecule has 0 radical (unpaired) electrons.